The summed E-state index contributed by atoms with van der Waals surface area (Å²) in [4.78, 5) is 26.9. The van der Waals surface area contributed by atoms with E-state index in [4.69, 9.17) is 4.74 Å². The largest absolute Gasteiger partial charge is 0.507 e. The van der Waals surface area contributed by atoms with Crippen molar-refractivity contribution < 1.29 is 23.8 Å². The number of hydrogen-bond donors (Lipinski definition) is 1. The van der Waals surface area contributed by atoms with Crippen molar-refractivity contribution in [1.29, 1.82) is 0 Å². The van der Waals surface area contributed by atoms with Crippen LogP contribution in [-0.4, -0.2) is 34.8 Å². The third-order valence-corrected chi connectivity index (χ3v) is 4.91. The molecule has 1 aliphatic heterocycles. The maximum Gasteiger partial charge on any atom is 0.295 e. The van der Waals surface area contributed by atoms with E-state index in [0.717, 1.165) is 6.42 Å². The van der Waals surface area contributed by atoms with Gasteiger partial charge in [-0.15, -0.1) is 0 Å². The minimum atomic E-state index is -0.974. The topological polar surface area (TPSA) is 66.8 Å². The molecule has 2 aromatic carbocycles. The van der Waals surface area contributed by atoms with Crippen molar-refractivity contribution in [2.24, 2.45) is 0 Å². The van der Waals surface area contributed by atoms with Crippen molar-refractivity contribution >= 4 is 17.4 Å². The summed E-state index contributed by atoms with van der Waals surface area (Å²) >= 11 is 0. The zero-order chi connectivity index (χ0) is 21.0. The summed E-state index contributed by atoms with van der Waals surface area (Å²) in [5, 5.41) is 11.0. The molecule has 0 bridgehead atoms. The molecule has 1 heterocycles. The van der Waals surface area contributed by atoms with E-state index in [9.17, 15) is 19.1 Å². The molecule has 0 radical (unpaired) electrons. The van der Waals surface area contributed by atoms with Crippen molar-refractivity contribution in [3.8, 4) is 5.75 Å². The van der Waals surface area contributed by atoms with Gasteiger partial charge in [-0.3, -0.25) is 9.59 Å². The molecule has 152 valence electrons. The Morgan fingerprint density at radius 1 is 1.14 bits per heavy atom. The normalized spacial score (nSPS) is 18.3. The molecule has 1 fully saturated rings. The Bertz CT molecular complexity index is 953. The zero-order valence-corrected chi connectivity index (χ0v) is 16.5. The fourth-order valence-corrected chi connectivity index (χ4v) is 3.51. The molecule has 0 spiro atoms. The van der Waals surface area contributed by atoms with Crippen molar-refractivity contribution in [1.82, 2.24) is 4.90 Å². The van der Waals surface area contributed by atoms with Gasteiger partial charge >= 0.3 is 0 Å². The van der Waals surface area contributed by atoms with Crippen LogP contribution in [-0.2, 0) is 9.59 Å². The van der Waals surface area contributed by atoms with Crippen molar-refractivity contribution in [3.63, 3.8) is 0 Å². The molecule has 6 heteroatoms. The number of nitrogens with zero attached hydrogens (tertiary/aromatic N) is 1. The fourth-order valence-electron chi connectivity index (χ4n) is 3.51. The van der Waals surface area contributed by atoms with Crippen LogP contribution in [0.1, 0.15) is 43.9 Å². The molecule has 0 aliphatic carbocycles. The van der Waals surface area contributed by atoms with E-state index in [1.165, 1.54) is 17.0 Å². The van der Waals surface area contributed by atoms with Gasteiger partial charge < -0.3 is 14.7 Å². The Hall–Kier alpha value is -3.15. The van der Waals surface area contributed by atoms with Crippen LogP contribution in [0, 0.1) is 5.82 Å². The van der Waals surface area contributed by atoms with Gasteiger partial charge in [0, 0.05) is 17.7 Å². The number of likely N-dealkylation sites (tertiary alicyclic amines) is 1. The van der Waals surface area contributed by atoms with Gasteiger partial charge in [-0.05, 0) is 31.5 Å². The molecule has 0 saturated carbocycles. The van der Waals surface area contributed by atoms with Crippen LogP contribution >= 0.6 is 0 Å². The molecule has 0 aromatic heterocycles. The summed E-state index contributed by atoms with van der Waals surface area (Å²) in [7, 11) is 0. The molecule has 1 atom stereocenters. The van der Waals surface area contributed by atoms with Crippen LogP contribution in [0.15, 0.2) is 54.1 Å². The number of ether oxygens (including phenoxy) is 1. The van der Waals surface area contributed by atoms with Crippen LogP contribution in [0.25, 0.3) is 5.76 Å². The number of aliphatic hydroxyl groups excluding tert-OH is 1. The average Bonchev–Trinajstić information content (AvgIpc) is 2.97. The summed E-state index contributed by atoms with van der Waals surface area (Å²) in [5.41, 5.74) is 0.418. The molecular formula is C23H24FNO4. The van der Waals surface area contributed by atoms with Crippen LogP contribution in [0.4, 0.5) is 4.39 Å². The summed E-state index contributed by atoms with van der Waals surface area (Å²) in [6.07, 6.45) is 1.47. The molecule has 5 nitrogen and oxygen atoms in total. The Morgan fingerprint density at radius 2 is 1.90 bits per heavy atom. The third kappa shape index (κ3) is 4.01. The van der Waals surface area contributed by atoms with E-state index in [1.54, 1.807) is 36.4 Å². The lowest BCUT2D eigenvalue weighted by Crippen LogP contribution is -2.31. The summed E-state index contributed by atoms with van der Waals surface area (Å²) in [6.45, 7) is 4.55. The minimum Gasteiger partial charge on any atom is -0.507 e. The number of Topliss-reactive ketones (excluding diaryl/α,β-unsaturated/α-hetero) is 1. The second kappa shape index (κ2) is 8.90. The highest BCUT2D eigenvalue weighted by molar-refractivity contribution is 6.46. The van der Waals surface area contributed by atoms with Gasteiger partial charge in [0.2, 0.25) is 0 Å². The monoisotopic (exact) mass is 397 g/mol. The second-order valence-corrected chi connectivity index (χ2v) is 6.83. The van der Waals surface area contributed by atoms with Crippen molar-refractivity contribution in [3.05, 3.63) is 71.0 Å². The minimum absolute atomic E-state index is 0.107. The van der Waals surface area contributed by atoms with Crippen LogP contribution in [0.3, 0.4) is 0 Å². The highest BCUT2D eigenvalue weighted by Gasteiger charge is 2.46. The van der Waals surface area contributed by atoms with E-state index in [-0.39, 0.29) is 16.9 Å². The van der Waals surface area contributed by atoms with Gasteiger partial charge in [-0.25, -0.2) is 4.39 Å². The number of aliphatic hydroxyl groups is 1. The molecule has 1 N–H and O–H groups in total. The van der Waals surface area contributed by atoms with Gasteiger partial charge in [0.25, 0.3) is 11.7 Å². The third-order valence-electron chi connectivity index (χ3n) is 4.91. The van der Waals surface area contributed by atoms with Gasteiger partial charge in [0.1, 0.15) is 17.3 Å². The lowest BCUT2D eigenvalue weighted by Gasteiger charge is -2.25. The number of benzene rings is 2. The number of unbranched alkanes of at least 4 members (excludes halogenated alkanes) is 1. The maximum absolute atomic E-state index is 14.6. The predicted octanol–water partition coefficient (Wildman–Crippen LogP) is 4.45. The first kappa shape index (κ1) is 20.6. The number of amides is 1. The first-order chi connectivity index (χ1) is 14.0. The first-order valence-electron chi connectivity index (χ1n) is 9.75. The van der Waals surface area contributed by atoms with E-state index in [2.05, 4.69) is 0 Å². The van der Waals surface area contributed by atoms with Gasteiger partial charge in [0.15, 0.2) is 0 Å². The Kier molecular flexibility index (Phi) is 6.32. The van der Waals surface area contributed by atoms with E-state index in [0.29, 0.717) is 30.9 Å². The quantitative estimate of drug-likeness (QED) is 0.426. The van der Waals surface area contributed by atoms with Gasteiger partial charge in [-0.1, -0.05) is 43.7 Å². The molecule has 2 aromatic rings. The maximum atomic E-state index is 14.6. The van der Waals surface area contributed by atoms with E-state index in [1.807, 2.05) is 13.8 Å². The highest BCUT2D eigenvalue weighted by Crippen LogP contribution is 2.40. The molecule has 1 unspecified atom stereocenters. The van der Waals surface area contributed by atoms with E-state index < -0.39 is 23.5 Å². The standard InChI is InChI=1S/C23H24FNO4/c1-3-5-13-25-20(17-11-6-7-12-18(17)24)19(22(27)23(25)28)21(26)15-9-8-10-16(14-15)29-4-2/h6-12,14,20,26H,3-5,13H2,1-2H3/b21-19-. The van der Waals surface area contributed by atoms with Gasteiger partial charge in [0.05, 0.1) is 18.2 Å². The lowest BCUT2D eigenvalue weighted by atomic mass is 9.95. The Balaban J connectivity index is 2.16. The van der Waals surface area contributed by atoms with Gasteiger partial charge in [-0.2, -0.15) is 0 Å². The Morgan fingerprint density at radius 3 is 2.59 bits per heavy atom. The predicted molar refractivity (Wildman–Crippen MR) is 108 cm³/mol. The average molecular weight is 397 g/mol. The summed E-state index contributed by atoms with van der Waals surface area (Å²) in [6, 6.07) is 11.7. The number of carbonyl (C=O) groups is 2. The van der Waals surface area contributed by atoms with Crippen LogP contribution in [0.2, 0.25) is 0 Å². The van der Waals surface area contributed by atoms with Crippen molar-refractivity contribution in [2.75, 3.05) is 13.2 Å². The van der Waals surface area contributed by atoms with Crippen LogP contribution in [0.5, 0.6) is 5.75 Å². The SMILES string of the molecule is CCCCN1C(=O)C(=O)/C(=C(\O)c2cccc(OCC)c2)C1c1ccccc1F. The molecule has 29 heavy (non-hydrogen) atoms. The second-order valence-electron chi connectivity index (χ2n) is 6.83. The fraction of sp³-hybridized carbons (Fsp3) is 0.304. The number of hydrogen-bond acceptors (Lipinski definition) is 4. The molecule has 3 rings (SSSR count). The summed E-state index contributed by atoms with van der Waals surface area (Å²) in [5.74, 6) is -1.88. The number of carbonyl (C=O) groups excluding carboxylic acids is 2. The zero-order valence-electron chi connectivity index (χ0n) is 16.5. The molecule has 1 saturated heterocycles. The first-order valence-corrected chi connectivity index (χ1v) is 9.75. The highest BCUT2D eigenvalue weighted by atomic mass is 19.1. The molecule has 1 aliphatic rings. The van der Waals surface area contributed by atoms with E-state index >= 15 is 0 Å². The number of halogens is 1. The number of rotatable bonds is 7. The smallest absolute Gasteiger partial charge is 0.295 e. The van der Waals surface area contributed by atoms with Crippen molar-refractivity contribution in [2.45, 2.75) is 32.7 Å². The molecular weight excluding hydrogens is 373 g/mol. The Labute approximate surface area is 169 Å². The molecule has 1 amide bonds. The number of ketones is 1. The van der Waals surface area contributed by atoms with Crippen LogP contribution < -0.4 is 4.74 Å². The summed E-state index contributed by atoms with van der Waals surface area (Å²) < 4.78 is 20.1. The lowest BCUT2D eigenvalue weighted by molar-refractivity contribution is -0.139.